The number of hydrogen-bond acceptors (Lipinski definition) is 2. The lowest BCUT2D eigenvalue weighted by Crippen LogP contribution is -2.09. The number of alkyl halides is 1. The van der Waals surface area contributed by atoms with E-state index in [0.29, 0.717) is 0 Å². The van der Waals surface area contributed by atoms with Crippen LogP contribution in [0.2, 0.25) is 0 Å². The number of thiophene rings is 1. The molecule has 0 saturated heterocycles. The molecule has 1 nitrogen and oxygen atoms in total. The van der Waals surface area contributed by atoms with Crippen molar-refractivity contribution in [1.29, 1.82) is 0 Å². The van der Waals surface area contributed by atoms with E-state index in [1.165, 1.54) is 11.3 Å². The van der Waals surface area contributed by atoms with Gasteiger partial charge >= 0.3 is 0 Å². The first-order valence-electron chi connectivity index (χ1n) is 3.10. The minimum atomic E-state index is -0.472. The maximum absolute atomic E-state index is 12.0. The monoisotopic (exact) mass is 159 g/mol. The average molecular weight is 159 g/mol. The molecule has 3 heteroatoms. The summed E-state index contributed by atoms with van der Waals surface area (Å²) in [7, 11) is 0. The predicted molar refractivity (Wildman–Crippen MR) is 42.0 cm³/mol. The molecule has 0 aliphatic heterocycles. The maximum Gasteiger partial charge on any atom is 0.109 e. The first-order chi connectivity index (χ1) is 4.74. The average Bonchev–Trinajstić information content (AvgIpc) is 2.34. The van der Waals surface area contributed by atoms with Crippen molar-refractivity contribution in [2.24, 2.45) is 5.73 Å². The van der Waals surface area contributed by atoms with E-state index in [9.17, 15) is 4.39 Å². The quantitative estimate of drug-likeness (QED) is 0.702. The fraction of sp³-hybridized carbons (Fsp3) is 0.429. The van der Waals surface area contributed by atoms with E-state index in [1.54, 1.807) is 0 Å². The second-order valence-electron chi connectivity index (χ2n) is 2.29. The Bertz CT molecular complexity index is 209. The molecule has 0 radical (unpaired) electrons. The molecule has 1 heterocycles. The van der Waals surface area contributed by atoms with Crippen LogP contribution in [0, 0.1) is 6.92 Å². The van der Waals surface area contributed by atoms with Crippen molar-refractivity contribution in [2.45, 2.75) is 13.0 Å². The van der Waals surface area contributed by atoms with Crippen LogP contribution in [0.15, 0.2) is 11.4 Å². The lowest BCUT2D eigenvalue weighted by molar-refractivity contribution is 0.440. The molecule has 0 bridgehead atoms. The highest BCUT2D eigenvalue weighted by atomic mass is 32.1. The van der Waals surface area contributed by atoms with Gasteiger partial charge in [-0.1, -0.05) is 0 Å². The zero-order valence-corrected chi connectivity index (χ0v) is 6.62. The zero-order chi connectivity index (χ0) is 7.56. The Hall–Kier alpha value is -0.410. The third kappa shape index (κ3) is 1.55. The highest BCUT2D eigenvalue weighted by molar-refractivity contribution is 7.10. The Kier molecular flexibility index (Phi) is 2.40. The van der Waals surface area contributed by atoms with E-state index >= 15 is 0 Å². The number of aryl methyl sites for hydroxylation is 1. The molecule has 1 atom stereocenters. The van der Waals surface area contributed by atoms with Crippen LogP contribution in [0.25, 0.3) is 0 Å². The highest BCUT2D eigenvalue weighted by Crippen LogP contribution is 2.19. The molecule has 0 fully saturated rings. The van der Waals surface area contributed by atoms with Gasteiger partial charge in [-0.3, -0.25) is 0 Å². The summed E-state index contributed by atoms with van der Waals surface area (Å²) in [5.41, 5.74) is 6.60. The normalized spacial score (nSPS) is 13.5. The lowest BCUT2D eigenvalue weighted by Gasteiger charge is -2.00. The van der Waals surface area contributed by atoms with E-state index in [2.05, 4.69) is 0 Å². The van der Waals surface area contributed by atoms with Gasteiger partial charge in [0.05, 0.1) is 6.04 Å². The molecule has 0 saturated carbocycles. The molecule has 0 aromatic carbocycles. The summed E-state index contributed by atoms with van der Waals surface area (Å²) in [6, 6.07) is 1.51. The van der Waals surface area contributed by atoms with Gasteiger partial charge in [0.1, 0.15) is 6.67 Å². The van der Waals surface area contributed by atoms with Crippen molar-refractivity contribution in [3.8, 4) is 0 Å². The fourth-order valence-corrected chi connectivity index (χ4v) is 1.61. The molecule has 0 unspecified atom stereocenters. The first-order valence-corrected chi connectivity index (χ1v) is 3.98. The highest BCUT2D eigenvalue weighted by Gasteiger charge is 2.05. The van der Waals surface area contributed by atoms with Crippen LogP contribution < -0.4 is 5.73 Å². The third-order valence-corrected chi connectivity index (χ3v) is 2.46. The SMILES string of the molecule is Cc1csc([C@@H](N)CF)c1. The van der Waals surface area contributed by atoms with Gasteiger partial charge < -0.3 is 5.73 Å². The topological polar surface area (TPSA) is 26.0 Å². The van der Waals surface area contributed by atoms with Gasteiger partial charge in [-0.2, -0.15) is 0 Å². The summed E-state index contributed by atoms with van der Waals surface area (Å²) < 4.78 is 12.0. The summed E-state index contributed by atoms with van der Waals surface area (Å²) >= 11 is 1.52. The van der Waals surface area contributed by atoms with Crippen LogP contribution in [-0.4, -0.2) is 6.67 Å². The molecule has 0 aliphatic rings. The van der Waals surface area contributed by atoms with E-state index in [4.69, 9.17) is 5.73 Å². The van der Waals surface area contributed by atoms with Crippen molar-refractivity contribution in [2.75, 3.05) is 6.67 Å². The Labute approximate surface area is 63.7 Å². The molecule has 2 N–H and O–H groups in total. The van der Waals surface area contributed by atoms with Gasteiger partial charge in [0.25, 0.3) is 0 Å². The van der Waals surface area contributed by atoms with Gasteiger partial charge in [-0.15, -0.1) is 11.3 Å². The molecule has 1 aromatic rings. The van der Waals surface area contributed by atoms with E-state index < -0.39 is 12.7 Å². The maximum atomic E-state index is 12.0. The van der Waals surface area contributed by atoms with Crippen LogP contribution >= 0.6 is 11.3 Å². The molecule has 1 rings (SSSR count). The van der Waals surface area contributed by atoms with Gasteiger partial charge in [0.2, 0.25) is 0 Å². The van der Waals surface area contributed by atoms with Crippen LogP contribution in [0.4, 0.5) is 4.39 Å². The van der Waals surface area contributed by atoms with Crippen molar-refractivity contribution in [3.05, 3.63) is 21.9 Å². The summed E-state index contributed by atoms with van der Waals surface area (Å²) in [6.45, 7) is 1.50. The van der Waals surface area contributed by atoms with E-state index in [1.807, 2.05) is 18.4 Å². The Morgan fingerprint density at radius 1 is 1.80 bits per heavy atom. The van der Waals surface area contributed by atoms with E-state index in [-0.39, 0.29) is 0 Å². The summed E-state index contributed by atoms with van der Waals surface area (Å²) in [4.78, 5) is 0.931. The van der Waals surface area contributed by atoms with Gasteiger partial charge in [-0.05, 0) is 23.9 Å². The van der Waals surface area contributed by atoms with Gasteiger partial charge in [-0.25, -0.2) is 4.39 Å². The molecule has 56 valence electrons. The lowest BCUT2D eigenvalue weighted by atomic mass is 10.2. The van der Waals surface area contributed by atoms with Crippen molar-refractivity contribution in [3.63, 3.8) is 0 Å². The van der Waals surface area contributed by atoms with Gasteiger partial charge in [0.15, 0.2) is 0 Å². The van der Waals surface area contributed by atoms with Crippen molar-refractivity contribution in [1.82, 2.24) is 0 Å². The molecule has 1 aromatic heterocycles. The molecule has 0 spiro atoms. The number of halogens is 1. The van der Waals surface area contributed by atoms with Crippen molar-refractivity contribution < 1.29 is 4.39 Å². The number of nitrogens with two attached hydrogens (primary N) is 1. The predicted octanol–water partition coefficient (Wildman–Crippen LogP) is 2.03. The second-order valence-corrected chi connectivity index (χ2v) is 3.23. The zero-order valence-electron chi connectivity index (χ0n) is 5.80. The molecule has 0 amide bonds. The fourth-order valence-electron chi connectivity index (χ4n) is 0.724. The number of rotatable bonds is 2. The van der Waals surface area contributed by atoms with Crippen molar-refractivity contribution >= 4 is 11.3 Å². The summed E-state index contributed by atoms with van der Waals surface area (Å²) in [6.07, 6.45) is 0. The molecular weight excluding hydrogens is 149 g/mol. The smallest absolute Gasteiger partial charge is 0.109 e. The third-order valence-electron chi connectivity index (χ3n) is 1.28. The molecule has 10 heavy (non-hydrogen) atoms. The molecular formula is C7H10FNS. The second kappa shape index (κ2) is 3.12. The minimum absolute atomic E-state index is 0.418. The summed E-state index contributed by atoms with van der Waals surface area (Å²) in [5.74, 6) is 0. The minimum Gasteiger partial charge on any atom is -0.321 e. The standard InChI is InChI=1S/C7H10FNS/c1-5-2-7(10-4-5)6(9)3-8/h2,4,6H,3,9H2,1H3/t6-/m0/s1. The van der Waals surface area contributed by atoms with Crippen LogP contribution in [0.5, 0.6) is 0 Å². The van der Waals surface area contributed by atoms with Crippen LogP contribution in [0.1, 0.15) is 16.5 Å². The largest absolute Gasteiger partial charge is 0.321 e. The van der Waals surface area contributed by atoms with Crippen LogP contribution in [-0.2, 0) is 0 Å². The Morgan fingerprint density at radius 3 is 2.90 bits per heavy atom. The van der Waals surface area contributed by atoms with Crippen LogP contribution in [0.3, 0.4) is 0 Å². The Balaban J connectivity index is 2.74. The van der Waals surface area contributed by atoms with Gasteiger partial charge in [0, 0.05) is 4.88 Å². The Morgan fingerprint density at radius 2 is 2.50 bits per heavy atom. The number of hydrogen-bond donors (Lipinski definition) is 1. The summed E-state index contributed by atoms with van der Waals surface area (Å²) in [5, 5.41) is 1.98. The molecule has 0 aliphatic carbocycles. The first kappa shape index (κ1) is 7.69. The van der Waals surface area contributed by atoms with E-state index in [0.717, 1.165) is 10.4 Å².